The van der Waals surface area contributed by atoms with Crippen molar-refractivity contribution < 1.29 is 19.8 Å². The van der Waals surface area contributed by atoms with Gasteiger partial charge in [-0.3, -0.25) is 9.59 Å². The summed E-state index contributed by atoms with van der Waals surface area (Å²) in [4.78, 5) is 22.6. The molecule has 0 amide bonds. The molecule has 4 nitrogen and oxygen atoms in total. The number of carbonyl (C=O) groups is 2. The molecule has 0 bridgehead atoms. The number of allylic oxidation sites excluding steroid dienone is 2. The van der Waals surface area contributed by atoms with Crippen molar-refractivity contribution in [3.8, 4) is 0 Å². The first kappa shape index (κ1) is 12.9. The topological polar surface area (TPSA) is 74.6 Å². The molecular formula is C12H18O4. The van der Waals surface area contributed by atoms with Crippen molar-refractivity contribution in [3.05, 3.63) is 11.3 Å². The molecule has 0 unspecified atom stereocenters. The molecule has 1 fully saturated rings. The van der Waals surface area contributed by atoms with Crippen LogP contribution in [0.3, 0.4) is 0 Å². The standard InChI is InChI=1S/C12H18O4/c1-2-3-8(13)4-5-9(14)12-10(15)6-7-11(12)16/h8,13-14H,2-7H2,1H3/t8-/m0/s1. The second-order valence-corrected chi connectivity index (χ2v) is 4.15. The van der Waals surface area contributed by atoms with E-state index < -0.39 is 6.10 Å². The maximum Gasteiger partial charge on any atom is 0.170 e. The van der Waals surface area contributed by atoms with E-state index in [0.717, 1.165) is 6.42 Å². The Morgan fingerprint density at radius 1 is 1.25 bits per heavy atom. The number of hydrogen-bond acceptors (Lipinski definition) is 4. The lowest BCUT2D eigenvalue weighted by Crippen LogP contribution is -2.09. The summed E-state index contributed by atoms with van der Waals surface area (Å²) in [5, 5.41) is 19.1. The smallest absolute Gasteiger partial charge is 0.170 e. The Balaban J connectivity index is 2.56. The lowest BCUT2D eigenvalue weighted by atomic mass is 10.0. The van der Waals surface area contributed by atoms with Crippen molar-refractivity contribution in [2.75, 3.05) is 0 Å². The monoisotopic (exact) mass is 226 g/mol. The molecule has 1 aliphatic carbocycles. The second kappa shape index (κ2) is 5.80. The van der Waals surface area contributed by atoms with Crippen LogP contribution in [0.25, 0.3) is 0 Å². The second-order valence-electron chi connectivity index (χ2n) is 4.15. The quantitative estimate of drug-likeness (QED) is 0.425. The van der Waals surface area contributed by atoms with Crippen molar-refractivity contribution in [1.82, 2.24) is 0 Å². The number of carbonyl (C=O) groups excluding carboxylic acids is 2. The van der Waals surface area contributed by atoms with E-state index in [9.17, 15) is 19.8 Å². The van der Waals surface area contributed by atoms with Crippen LogP contribution in [0.5, 0.6) is 0 Å². The van der Waals surface area contributed by atoms with Gasteiger partial charge in [0.05, 0.1) is 11.7 Å². The minimum Gasteiger partial charge on any atom is -0.511 e. The zero-order valence-electron chi connectivity index (χ0n) is 9.53. The molecule has 4 heteroatoms. The van der Waals surface area contributed by atoms with Crippen molar-refractivity contribution in [3.63, 3.8) is 0 Å². The Kier molecular flexibility index (Phi) is 4.68. The van der Waals surface area contributed by atoms with Crippen LogP contribution in [0.15, 0.2) is 11.3 Å². The van der Waals surface area contributed by atoms with Gasteiger partial charge in [0.1, 0.15) is 5.76 Å². The molecule has 0 aromatic rings. The first-order valence-electron chi connectivity index (χ1n) is 5.72. The van der Waals surface area contributed by atoms with E-state index in [1.165, 1.54) is 0 Å². The average Bonchev–Trinajstić information content (AvgIpc) is 2.56. The van der Waals surface area contributed by atoms with E-state index in [-0.39, 0.29) is 42.2 Å². The number of Topliss-reactive ketones (excluding diaryl/α,β-unsaturated/α-hetero) is 2. The summed E-state index contributed by atoms with van der Waals surface area (Å²) < 4.78 is 0. The van der Waals surface area contributed by atoms with E-state index >= 15 is 0 Å². The highest BCUT2D eigenvalue weighted by Gasteiger charge is 2.29. The molecule has 1 rings (SSSR count). The van der Waals surface area contributed by atoms with E-state index in [1.54, 1.807) is 0 Å². The van der Waals surface area contributed by atoms with E-state index in [1.807, 2.05) is 6.92 Å². The zero-order chi connectivity index (χ0) is 12.1. The summed E-state index contributed by atoms with van der Waals surface area (Å²) >= 11 is 0. The minimum atomic E-state index is -0.473. The molecule has 1 atom stereocenters. The summed E-state index contributed by atoms with van der Waals surface area (Å²) in [7, 11) is 0. The molecule has 0 spiro atoms. The van der Waals surface area contributed by atoms with Gasteiger partial charge in [0.15, 0.2) is 11.6 Å². The van der Waals surface area contributed by atoms with Gasteiger partial charge < -0.3 is 10.2 Å². The maximum atomic E-state index is 11.3. The van der Waals surface area contributed by atoms with Crippen molar-refractivity contribution in [2.45, 2.75) is 51.6 Å². The molecule has 0 aromatic carbocycles. The summed E-state index contributed by atoms with van der Waals surface area (Å²) in [5.74, 6) is -0.692. The average molecular weight is 226 g/mol. The third-order valence-electron chi connectivity index (χ3n) is 2.76. The van der Waals surface area contributed by atoms with Gasteiger partial charge in [-0.1, -0.05) is 13.3 Å². The van der Waals surface area contributed by atoms with Gasteiger partial charge in [0.2, 0.25) is 0 Å². The van der Waals surface area contributed by atoms with E-state index in [4.69, 9.17) is 0 Å². The van der Waals surface area contributed by atoms with Gasteiger partial charge in [-0.05, 0) is 12.8 Å². The predicted molar refractivity (Wildman–Crippen MR) is 59.1 cm³/mol. The third kappa shape index (κ3) is 3.17. The van der Waals surface area contributed by atoms with Gasteiger partial charge in [-0.2, -0.15) is 0 Å². The Morgan fingerprint density at radius 3 is 2.31 bits per heavy atom. The van der Waals surface area contributed by atoms with Crippen LogP contribution in [-0.2, 0) is 9.59 Å². The molecule has 0 radical (unpaired) electrons. The highest BCUT2D eigenvalue weighted by molar-refractivity contribution is 6.25. The summed E-state index contributed by atoms with van der Waals surface area (Å²) in [6.07, 6.45) is 2.07. The molecule has 16 heavy (non-hydrogen) atoms. The van der Waals surface area contributed by atoms with Crippen LogP contribution in [0.2, 0.25) is 0 Å². The molecule has 1 saturated carbocycles. The van der Waals surface area contributed by atoms with Crippen LogP contribution >= 0.6 is 0 Å². The van der Waals surface area contributed by atoms with Gasteiger partial charge in [-0.15, -0.1) is 0 Å². The van der Waals surface area contributed by atoms with Crippen LogP contribution < -0.4 is 0 Å². The van der Waals surface area contributed by atoms with Crippen molar-refractivity contribution >= 4 is 11.6 Å². The molecule has 0 heterocycles. The maximum absolute atomic E-state index is 11.3. The molecular weight excluding hydrogens is 208 g/mol. The fourth-order valence-electron chi connectivity index (χ4n) is 1.86. The van der Waals surface area contributed by atoms with Crippen LogP contribution in [0.4, 0.5) is 0 Å². The normalized spacial score (nSPS) is 18.0. The van der Waals surface area contributed by atoms with Crippen molar-refractivity contribution in [1.29, 1.82) is 0 Å². The Bertz CT molecular complexity index is 299. The number of rotatable bonds is 5. The van der Waals surface area contributed by atoms with Crippen LogP contribution in [0, 0.1) is 0 Å². The lowest BCUT2D eigenvalue weighted by Gasteiger charge is -2.09. The third-order valence-corrected chi connectivity index (χ3v) is 2.76. The van der Waals surface area contributed by atoms with Crippen LogP contribution in [0.1, 0.15) is 45.4 Å². The van der Waals surface area contributed by atoms with Gasteiger partial charge in [0, 0.05) is 19.3 Å². The summed E-state index contributed by atoms with van der Waals surface area (Å²) in [6.45, 7) is 1.96. The van der Waals surface area contributed by atoms with Gasteiger partial charge in [-0.25, -0.2) is 0 Å². The number of ketones is 2. The molecule has 90 valence electrons. The number of aliphatic hydroxyl groups is 2. The minimum absolute atomic E-state index is 0.0382. The Labute approximate surface area is 95.0 Å². The SMILES string of the molecule is CCC[C@H](O)CCC(O)=C1C(=O)CCC1=O. The Morgan fingerprint density at radius 2 is 1.81 bits per heavy atom. The van der Waals surface area contributed by atoms with Crippen LogP contribution in [-0.4, -0.2) is 27.9 Å². The fraction of sp³-hybridized carbons (Fsp3) is 0.667. The zero-order valence-corrected chi connectivity index (χ0v) is 9.53. The van der Waals surface area contributed by atoms with E-state index in [0.29, 0.717) is 12.8 Å². The highest BCUT2D eigenvalue weighted by atomic mass is 16.3. The van der Waals surface area contributed by atoms with Crippen molar-refractivity contribution in [2.24, 2.45) is 0 Å². The molecule has 2 N–H and O–H groups in total. The first-order valence-corrected chi connectivity index (χ1v) is 5.72. The number of aliphatic hydroxyl groups excluding tert-OH is 2. The van der Waals surface area contributed by atoms with Gasteiger partial charge in [0.25, 0.3) is 0 Å². The molecule has 0 aliphatic heterocycles. The lowest BCUT2D eigenvalue weighted by molar-refractivity contribution is -0.116. The van der Waals surface area contributed by atoms with Gasteiger partial charge >= 0.3 is 0 Å². The molecule has 0 saturated heterocycles. The highest BCUT2D eigenvalue weighted by Crippen LogP contribution is 2.22. The Hall–Kier alpha value is -1.16. The summed E-state index contributed by atoms with van der Waals surface area (Å²) in [5.41, 5.74) is -0.0382. The fourth-order valence-corrected chi connectivity index (χ4v) is 1.86. The first-order chi connectivity index (χ1) is 7.56. The molecule has 1 aliphatic rings. The number of hydrogen-bond donors (Lipinski definition) is 2. The predicted octanol–water partition coefficient (Wildman–Crippen LogP) is 1.67. The van der Waals surface area contributed by atoms with E-state index in [2.05, 4.69) is 0 Å². The molecule has 0 aromatic heterocycles. The largest absolute Gasteiger partial charge is 0.511 e. The summed E-state index contributed by atoms with van der Waals surface area (Å²) in [6, 6.07) is 0.